The van der Waals surface area contributed by atoms with Gasteiger partial charge in [-0.3, -0.25) is 0 Å². The predicted molar refractivity (Wildman–Crippen MR) is 125 cm³/mol. The lowest BCUT2D eigenvalue weighted by Gasteiger charge is -2.31. The van der Waals surface area contributed by atoms with Crippen molar-refractivity contribution in [3.63, 3.8) is 0 Å². The maximum absolute atomic E-state index is 12.3. The second-order valence-corrected chi connectivity index (χ2v) is 7.95. The molecular weight excluding hydrogens is 412 g/mol. The van der Waals surface area contributed by atoms with Crippen molar-refractivity contribution in [2.75, 3.05) is 17.2 Å². The van der Waals surface area contributed by atoms with E-state index in [1.807, 2.05) is 73.7 Å². The van der Waals surface area contributed by atoms with Crippen molar-refractivity contribution in [2.24, 2.45) is 0 Å². The van der Waals surface area contributed by atoms with Crippen molar-refractivity contribution < 1.29 is 14.3 Å². The number of hydrogen-bond donors (Lipinski definition) is 2. The van der Waals surface area contributed by atoms with Gasteiger partial charge in [0, 0.05) is 11.3 Å². The maximum Gasteiger partial charge on any atom is 0.323 e. The number of fused-ring (bicyclic) bond motifs is 1. The van der Waals surface area contributed by atoms with E-state index in [0.717, 1.165) is 16.9 Å². The summed E-state index contributed by atoms with van der Waals surface area (Å²) >= 11 is 6.09. The number of ether oxygens (including phenoxy) is 2. The van der Waals surface area contributed by atoms with Gasteiger partial charge in [0.25, 0.3) is 0 Å². The number of carbonyl (C=O) groups is 1. The van der Waals surface area contributed by atoms with Gasteiger partial charge in [0.05, 0.1) is 23.9 Å². The largest absolute Gasteiger partial charge is 0.480 e. The number of benzene rings is 3. The number of rotatable bonds is 6. The second-order valence-electron chi connectivity index (χ2n) is 7.54. The molecule has 0 aliphatic carbocycles. The van der Waals surface area contributed by atoms with E-state index in [-0.39, 0.29) is 6.03 Å². The summed E-state index contributed by atoms with van der Waals surface area (Å²) in [5.41, 5.74) is 2.65. The molecule has 2 N–H and O–H groups in total. The van der Waals surface area contributed by atoms with Crippen LogP contribution in [-0.4, -0.2) is 18.2 Å². The normalized spacial score (nSPS) is 16.8. The first kappa shape index (κ1) is 21.0. The fraction of sp³-hybridized carbons (Fsp3) is 0.160. The zero-order chi connectivity index (χ0) is 21.7. The number of anilines is 2. The van der Waals surface area contributed by atoms with Gasteiger partial charge in [0.2, 0.25) is 0 Å². The summed E-state index contributed by atoms with van der Waals surface area (Å²) in [6.45, 7) is 2.95. The number of halogens is 1. The van der Waals surface area contributed by atoms with Crippen molar-refractivity contribution in [1.82, 2.24) is 0 Å². The van der Waals surface area contributed by atoms with E-state index in [4.69, 9.17) is 21.1 Å². The molecule has 4 rings (SSSR count). The van der Waals surface area contributed by atoms with E-state index < -0.39 is 5.60 Å². The third-order valence-electron chi connectivity index (χ3n) is 4.85. The number of amides is 2. The molecule has 0 saturated carbocycles. The quantitative estimate of drug-likeness (QED) is 0.474. The first-order valence-corrected chi connectivity index (χ1v) is 10.4. The smallest absolute Gasteiger partial charge is 0.323 e. The Morgan fingerprint density at radius 1 is 1.03 bits per heavy atom. The second kappa shape index (κ2) is 9.25. The Morgan fingerprint density at radius 2 is 1.81 bits per heavy atom. The highest BCUT2D eigenvalue weighted by molar-refractivity contribution is 6.33. The van der Waals surface area contributed by atoms with Crippen molar-refractivity contribution in [2.45, 2.75) is 19.1 Å². The molecule has 158 valence electrons. The van der Waals surface area contributed by atoms with Gasteiger partial charge in [0.1, 0.15) is 11.4 Å². The molecule has 0 spiro atoms. The summed E-state index contributed by atoms with van der Waals surface area (Å²) in [7, 11) is 0. The molecule has 1 heterocycles. The fourth-order valence-corrected chi connectivity index (χ4v) is 3.45. The van der Waals surface area contributed by atoms with Gasteiger partial charge >= 0.3 is 6.03 Å². The Labute approximate surface area is 186 Å². The molecule has 1 atom stereocenters. The van der Waals surface area contributed by atoms with Crippen molar-refractivity contribution >= 4 is 35.1 Å². The molecule has 0 aromatic heterocycles. The first-order valence-electron chi connectivity index (χ1n) is 9.97. The van der Waals surface area contributed by atoms with E-state index in [9.17, 15) is 4.79 Å². The Hall–Kier alpha value is -3.28. The molecule has 0 saturated heterocycles. The van der Waals surface area contributed by atoms with Gasteiger partial charge in [0.15, 0.2) is 0 Å². The molecule has 1 aliphatic rings. The molecular formula is C25H23ClN2O3. The van der Waals surface area contributed by atoms with Gasteiger partial charge in [-0.2, -0.15) is 0 Å². The minimum Gasteiger partial charge on any atom is -0.480 e. The number of nitrogens with one attached hydrogen (secondary N) is 2. The van der Waals surface area contributed by atoms with Crippen molar-refractivity contribution in [3.05, 3.63) is 95.0 Å². The Balaban J connectivity index is 1.35. The summed E-state index contributed by atoms with van der Waals surface area (Å²) in [6, 6.07) is 22.3. The molecule has 1 unspecified atom stereocenters. The fourth-order valence-electron chi connectivity index (χ4n) is 3.27. The Kier molecular flexibility index (Phi) is 6.26. The Bertz CT molecular complexity index is 1100. The van der Waals surface area contributed by atoms with Crippen LogP contribution in [0.3, 0.4) is 0 Å². The first-order chi connectivity index (χ1) is 15.0. The molecule has 6 heteroatoms. The zero-order valence-corrected chi connectivity index (χ0v) is 17.9. The average Bonchev–Trinajstić information content (AvgIpc) is 2.76. The maximum atomic E-state index is 12.3. The lowest BCUT2D eigenvalue weighted by atomic mass is 10.0. The third-order valence-corrected chi connectivity index (χ3v) is 5.18. The molecule has 31 heavy (non-hydrogen) atoms. The van der Waals surface area contributed by atoms with Gasteiger partial charge in [-0.1, -0.05) is 60.1 Å². The highest BCUT2D eigenvalue weighted by Crippen LogP contribution is 2.33. The van der Waals surface area contributed by atoms with E-state index in [0.29, 0.717) is 29.6 Å². The zero-order valence-electron chi connectivity index (χ0n) is 17.1. The average molecular weight is 435 g/mol. The Morgan fingerprint density at radius 3 is 2.61 bits per heavy atom. The van der Waals surface area contributed by atoms with Crippen LogP contribution >= 0.6 is 11.6 Å². The van der Waals surface area contributed by atoms with Crippen LogP contribution < -0.4 is 15.4 Å². The molecule has 5 nitrogen and oxygen atoms in total. The highest BCUT2D eigenvalue weighted by Gasteiger charge is 2.28. The minimum absolute atomic E-state index is 0.368. The standard InChI is InChI=1S/C25H23ClN2O3/c1-25(17-30-16-18-7-3-2-4-8-18)14-13-19-15-20(11-12-23(19)31-25)27-24(29)28-22-10-6-5-9-21(22)26/h2-15H,16-17H2,1H3,(H2,27,28,29). The number of carbonyl (C=O) groups excluding carboxylic acids is 1. The molecule has 3 aromatic rings. The third kappa shape index (κ3) is 5.45. The molecule has 0 radical (unpaired) electrons. The van der Waals surface area contributed by atoms with Crippen LogP contribution in [0.4, 0.5) is 16.2 Å². The number of urea groups is 1. The summed E-state index contributed by atoms with van der Waals surface area (Å²) in [5.74, 6) is 0.741. The molecule has 0 fully saturated rings. The van der Waals surface area contributed by atoms with E-state index in [2.05, 4.69) is 10.6 Å². The highest BCUT2D eigenvalue weighted by atomic mass is 35.5. The summed E-state index contributed by atoms with van der Waals surface area (Å²) in [6.07, 6.45) is 3.97. The van der Waals surface area contributed by atoms with Crippen LogP contribution in [0.5, 0.6) is 5.75 Å². The lowest BCUT2D eigenvalue weighted by Crippen LogP contribution is -2.37. The van der Waals surface area contributed by atoms with Gasteiger partial charge in [-0.15, -0.1) is 0 Å². The molecule has 0 bridgehead atoms. The summed E-state index contributed by atoms with van der Waals surface area (Å²) < 4.78 is 12.0. The van der Waals surface area contributed by atoms with Crippen molar-refractivity contribution in [1.29, 1.82) is 0 Å². The summed E-state index contributed by atoms with van der Waals surface area (Å²) in [5, 5.41) is 6.04. The van der Waals surface area contributed by atoms with Crippen molar-refractivity contribution in [3.8, 4) is 5.75 Å². The van der Waals surface area contributed by atoms with Gasteiger partial charge in [-0.25, -0.2) is 4.79 Å². The predicted octanol–water partition coefficient (Wildman–Crippen LogP) is 6.37. The van der Waals surface area contributed by atoms with E-state index in [1.54, 1.807) is 18.2 Å². The molecule has 3 aromatic carbocycles. The van der Waals surface area contributed by atoms with Crippen LogP contribution in [0.2, 0.25) is 5.02 Å². The SMILES string of the molecule is CC1(COCc2ccccc2)C=Cc2cc(NC(=O)Nc3ccccc3Cl)ccc2O1. The minimum atomic E-state index is -0.557. The topological polar surface area (TPSA) is 59.6 Å². The van der Waals surface area contributed by atoms with Crippen LogP contribution in [0.25, 0.3) is 6.08 Å². The van der Waals surface area contributed by atoms with Crippen LogP contribution in [-0.2, 0) is 11.3 Å². The number of hydrogen-bond acceptors (Lipinski definition) is 3. The van der Waals surface area contributed by atoms with Crippen LogP contribution in [0.15, 0.2) is 78.9 Å². The van der Waals surface area contributed by atoms with Gasteiger partial charge in [-0.05, 0) is 48.9 Å². The van der Waals surface area contributed by atoms with Crippen LogP contribution in [0.1, 0.15) is 18.1 Å². The molecule has 2 amide bonds. The van der Waals surface area contributed by atoms with Crippen LogP contribution in [0, 0.1) is 0 Å². The van der Waals surface area contributed by atoms with E-state index in [1.165, 1.54) is 0 Å². The van der Waals surface area contributed by atoms with E-state index >= 15 is 0 Å². The van der Waals surface area contributed by atoms with Gasteiger partial charge < -0.3 is 20.1 Å². The monoisotopic (exact) mass is 434 g/mol. The summed E-state index contributed by atoms with van der Waals surface area (Å²) in [4.78, 5) is 12.3. The molecule has 1 aliphatic heterocycles. The lowest BCUT2D eigenvalue weighted by molar-refractivity contribution is 0.00632. The number of para-hydroxylation sites is 1.